The molecule has 0 amide bonds. The van der Waals surface area contributed by atoms with Crippen molar-refractivity contribution in [2.75, 3.05) is 19.0 Å². The first-order valence-electron chi connectivity index (χ1n) is 6.68. The fourth-order valence-electron chi connectivity index (χ4n) is 1.93. The Morgan fingerprint density at radius 3 is 2.70 bits per heavy atom. The van der Waals surface area contributed by atoms with E-state index >= 15 is 0 Å². The average Bonchev–Trinajstić information content (AvgIpc) is 2.48. The molecule has 2 rings (SSSR count). The molecular formula is C15H19N3OS. The van der Waals surface area contributed by atoms with E-state index in [4.69, 9.17) is 4.74 Å². The van der Waals surface area contributed by atoms with Crippen molar-refractivity contribution in [3.05, 3.63) is 36.2 Å². The van der Waals surface area contributed by atoms with E-state index in [0.717, 1.165) is 40.0 Å². The van der Waals surface area contributed by atoms with E-state index in [1.165, 1.54) is 0 Å². The number of hydrogen-bond donors (Lipinski definition) is 1. The van der Waals surface area contributed by atoms with Crippen molar-refractivity contribution in [1.29, 1.82) is 0 Å². The third-order valence-corrected chi connectivity index (χ3v) is 3.98. The van der Waals surface area contributed by atoms with Gasteiger partial charge in [-0.2, -0.15) is 0 Å². The van der Waals surface area contributed by atoms with Crippen molar-refractivity contribution < 1.29 is 4.74 Å². The SMILES string of the molecule is CCNc1ncnc(Sc2ccccc2OC)c1CC. The van der Waals surface area contributed by atoms with Gasteiger partial charge in [0.05, 0.1) is 12.0 Å². The minimum absolute atomic E-state index is 0.850. The molecule has 2 aromatic rings. The molecule has 0 bridgehead atoms. The standard InChI is InChI=1S/C15H19N3OS/c1-4-11-14(16-5-2)17-10-18-15(11)20-13-9-7-6-8-12(13)19-3/h6-10H,4-5H2,1-3H3,(H,16,17,18). The number of anilines is 1. The Kier molecular flexibility index (Phi) is 5.24. The highest BCUT2D eigenvalue weighted by Gasteiger charge is 2.12. The minimum Gasteiger partial charge on any atom is -0.496 e. The van der Waals surface area contributed by atoms with E-state index in [0.29, 0.717) is 0 Å². The van der Waals surface area contributed by atoms with Gasteiger partial charge < -0.3 is 10.1 Å². The fraction of sp³-hybridized carbons (Fsp3) is 0.333. The zero-order chi connectivity index (χ0) is 14.4. The van der Waals surface area contributed by atoms with Crippen molar-refractivity contribution in [1.82, 2.24) is 9.97 Å². The quantitative estimate of drug-likeness (QED) is 0.823. The van der Waals surface area contributed by atoms with Gasteiger partial charge in [-0.25, -0.2) is 9.97 Å². The number of nitrogens with one attached hydrogen (secondary N) is 1. The van der Waals surface area contributed by atoms with Crippen molar-refractivity contribution in [2.45, 2.75) is 30.2 Å². The summed E-state index contributed by atoms with van der Waals surface area (Å²) >= 11 is 1.61. The Bertz CT molecular complexity index is 575. The van der Waals surface area contributed by atoms with Crippen LogP contribution in [-0.2, 0) is 6.42 Å². The van der Waals surface area contributed by atoms with Crippen LogP contribution in [0.2, 0.25) is 0 Å². The van der Waals surface area contributed by atoms with Crippen LogP contribution in [0.5, 0.6) is 5.75 Å². The molecule has 0 aliphatic heterocycles. The first-order valence-corrected chi connectivity index (χ1v) is 7.50. The Labute approximate surface area is 124 Å². The van der Waals surface area contributed by atoms with Crippen molar-refractivity contribution in [3.8, 4) is 5.75 Å². The van der Waals surface area contributed by atoms with Crippen molar-refractivity contribution in [2.24, 2.45) is 0 Å². The zero-order valence-electron chi connectivity index (χ0n) is 12.0. The molecule has 1 N–H and O–H groups in total. The summed E-state index contributed by atoms with van der Waals surface area (Å²) in [4.78, 5) is 9.80. The molecule has 0 saturated heterocycles. The normalized spacial score (nSPS) is 10.3. The lowest BCUT2D eigenvalue weighted by molar-refractivity contribution is 0.405. The van der Waals surface area contributed by atoms with E-state index in [-0.39, 0.29) is 0 Å². The average molecular weight is 289 g/mol. The molecule has 106 valence electrons. The maximum Gasteiger partial charge on any atom is 0.133 e. The number of para-hydroxylation sites is 1. The van der Waals surface area contributed by atoms with Crippen molar-refractivity contribution >= 4 is 17.6 Å². The number of nitrogens with zero attached hydrogens (tertiary/aromatic N) is 2. The van der Waals surface area contributed by atoms with E-state index in [9.17, 15) is 0 Å². The fourth-order valence-corrected chi connectivity index (χ4v) is 3.00. The lowest BCUT2D eigenvalue weighted by Crippen LogP contribution is -2.05. The molecule has 5 heteroatoms. The second-order valence-electron chi connectivity index (χ2n) is 4.14. The summed E-state index contributed by atoms with van der Waals surface area (Å²) in [5.74, 6) is 1.78. The molecule has 0 atom stereocenters. The highest BCUT2D eigenvalue weighted by Crippen LogP contribution is 2.36. The van der Waals surface area contributed by atoms with Gasteiger partial charge >= 0.3 is 0 Å². The van der Waals surface area contributed by atoms with Gasteiger partial charge in [0.2, 0.25) is 0 Å². The van der Waals surface area contributed by atoms with Gasteiger partial charge in [-0.1, -0.05) is 30.8 Å². The predicted octanol–water partition coefficient (Wildman–Crippen LogP) is 3.63. The molecule has 0 radical (unpaired) electrons. The third kappa shape index (κ3) is 3.22. The molecule has 0 unspecified atom stereocenters. The highest BCUT2D eigenvalue weighted by molar-refractivity contribution is 7.99. The van der Waals surface area contributed by atoms with Crippen LogP contribution in [0.1, 0.15) is 19.4 Å². The summed E-state index contributed by atoms with van der Waals surface area (Å²) in [6, 6.07) is 7.97. The molecule has 0 aliphatic rings. The van der Waals surface area contributed by atoms with Crippen LogP contribution >= 0.6 is 11.8 Å². The van der Waals surface area contributed by atoms with Gasteiger partial charge in [0.1, 0.15) is 22.9 Å². The third-order valence-electron chi connectivity index (χ3n) is 2.88. The van der Waals surface area contributed by atoms with Crippen molar-refractivity contribution in [3.63, 3.8) is 0 Å². The number of rotatable bonds is 6. The summed E-state index contributed by atoms with van der Waals surface area (Å²) in [7, 11) is 1.68. The number of ether oxygens (including phenoxy) is 1. The number of benzene rings is 1. The topological polar surface area (TPSA) is 47.0 Å². The molecule has 20 heavy (non-hydrogen) atoms. The maximum atomic E-state index is 5.39. The second kappa shape index (κ2) is 7.14. The molecule has 0 fully saturated rings. The van der Waals surface area contributed by atoms with E-state index in [1.54, 1.807) is 25.2 Å². The smallest absolute Gasteiger partial charge is 0.133 e. The maximum absolute atomic E-state index is 5.39. The molecule has 0 saturated carbocycles. The Hall–Kier alpha value is -1.75. The molecule has 1 heterocycles. The zero-order valence-corrected chi connectivity index (χ0v) is 12.8. The summed E-state index contributed by atoms with van der Waals surface area (Å²) in [6.45, 7) is 5.03. The number of aromatic nitrogens is 2. The van der Waals surface area contributed by atoms with Crippen LogP contribution in [0.25, 0.3) is 0 Å². The van der Waals surface area contributed by atoms with E-state index in [1.807, 2.05) is 24.3 Å². The van der Waals surface area contributed by atoms with Crippen LogP contribution in [0.3, 0.4) is 0 Å². The Morgan fingerprint density at radius 2 is 2.00 bits per heavy atom. The van der Waals surface area contributed by atoms with Gasteiger partial charge in [-0.15, -0.1) is 0 Å². The van der Waals surface area contributed by atoms with E-state index < -0.39 is 0 Å². The van der Waals surface area contributed by atoms with E-state index in [2.05, 4.69) is 29.1 Å². The molecule has 4 nitrogen and oxygen atoms in total. The lowest BCUT2D eigenvalue weighted by atomic mass is 10.2. The monoisotopic (exact) mass is 289 g/mol. The molecule has 1 aromatic heterocycles. The van der Waals surface area contributed by atoms with Gasteiger partial charge in [0, 0.05) is 12.1 Å². The lowest BCUT2D eigenvalue weighted by Gasteiger charge is -2.13. The Balaban J connectivity index is 2.35. The summed E-state index contributed by atoms with van der Waals surface area (Å²) in [6.07, 6.45) is 2.50. The van der Waals surface area contributed by atoms with Crippen LogP contribution in [0.15, 0.2) is 40.5 Å². The molecule has 1 aromatic carbocycles. The van der Waals surface area contributed by atoms with Gasteiger partial charge in [-0.05, 0) is 25.5 Å². The highest BCUT2D eigenvalue weighted by atomic mass is 32.2. The van der Waals surface area contributed by atoms with Crippen LogP contribution < -0.4 is 10.1 Å². The first kappa shape index (κ1) is 14.7. The van der Waals surface area contributed by atoms with Crippen LogP contribution in [0, 0.1) is 0 Å². The molecule has 0 aliphatic carbocycles. The molecule has 0 spiro atoms. The van der Waals surface area contributed by atoms with Crippen LogP contribution in [0.4, 0.5) is 5.82 Å². The van der Waals surface area contributed by atoms with Gasteiger partial charge in [0.25, 0.3) is 0 Å². The summed E-state index contributed by atoms with van der Waals surface area (Å²) < 4.78 is 5.39. The van der Waals surface area contributed by atoms with Crippen LogP contribution in [-0.4, -0.2) is 23.6 Å². The summed E-state index contributed by atoms with van der Waals surface area (Å²) in [5.41, 5.74) is 1.14. The Morgan fingerprint density at radius 1 is 1.20 bits per heavy atom. The van der Waals surface area contributed by atoms with Gasteiger partial charge in [-0.3, -0.25) is 0 Å². The number of methoxy groups -OCH3 is 1. The molecular weight excluding hydrogens is 270 g/mol. The number of hydrogen-bond acceptors (Lipinski definition) is 5. The second-order valence-corrected chi connectivity index (χ2v) is 5.17. The largest absolute Gasteiger partial charge is 0.496 e. The minimum atomic E-state index is 0.850. The summed E-state index contributed by atoms with van der Waals surface area (Å²) in [5, 5.41) is 4.26. The first-order chi connectivity index (χ1) is 9.80. The van der Waals surface area contributed by atoms with Gasteiger partial charge in [0.15, 0.2) is 0 Å². The predicted molar refractivity (Wildman–Crippen MR) is 82.7 cm³/mol.